The van der Waals surface area contributed by atoms with Crippen LogP contribution in [0, 0.1) is 22.7 Å². The minimum Gasteiger partial charge on any atom is -0.385 e. The van der Waals surface area contributed by atoms with Crippen molar-refractivity contribution >= 4 is 11.4 Å². The Morgan fingerprint density at radius 1 is 1.11 bits per heavy atom. The predicted octanol–water partition coefficient (Wildman–Crippen LogP) is 4.12. The average Bonchev–Trinajstić information content (AvgIpc) is 2.80. The number of rotatable bonds is 3. The molecule has 5 nitrogen and oxygen atoms in total. The van der Waals surface area contributed by atoms with Crippen molar-refractivity contribution in [2.45, 2.75) is 40.0 Å². The first-order valence-electron chi connectivity index (χ1n) is 9.32. The van der Waals surface area contributed by atoms with Crippen LogP contribution in [0.2, 0.25) is 0 Å². The Bertz CT molecular complexity index is 914. The highest BCUT2D eigenvalue weighted by molar-refractivity contribution is 5.79. The smallest absolute Gasteiger partial charge is 0.0975 e. The monoisotopic (exact) mass is 359 g/mol. The average molecular weight is 359 g/mol. The lowest BCUT2D eigenvalue weighted by atomic mass is 9.81. The summed E-state index contributed by atoms with van der Waals surface area (Å²) in [7, 11) is 0. The summed E-state index contributed by atoms with van der Waals surface area (Å²) in [6.45, 7) is 9.76. The number of nitrogens with zero attached hydrogens (tertiary/aromatic N) is 2. The molecule has 0 aliphatic carbocycles. The lowest BCUT2D eigenvalue weighted by Crippen LogP contribution is -2.23. The standard InChI is InChI=1S/C22H25N5/c1-5-25-22-13(2)8-9-26-20-7-6-16(10-17(20)22)21-18(11-23)14(3)27-15(4)19(21)12-24/h6-7,10,21,25-27H,5,8-9H2,1-4H3. The van der Waals surface area contributed by atoms with Crippen LogP contribution in [-0.2, 0) is 0 Å². The Morgan fingerprint density at radius 2 is 1.78 bits per heavy atom. The van der Waals surface area contributed by atoms with Crippen molar-refractivity contribution in [1.82, 2.24) is 10.6 Å². The summed E-state index contributed by atoms with van der Waals surface area (Å²) in [5, 5.41) is 29.6. The molecule has 2 aliphatic heterocycles. The number of fused-ring (bicyclic) bond motifs is 1. The molecule has 0 aromatic heterocycles. The summed E-state index contributed by atoms with van der Waals surface area (Å²) < 4.78 is 0. The van der Waals surface area contributed by atoms with E-state index < -0.39 is 0 Å². The fourth-order valence-electron chi connectivity index (χ4n) is 3.89. The lowest BCUT2D eigenvalue weighted by molar-refractivity contribution is 0.813. The highest BCUT2D eigenvalue weighted by atomic mass is 14.9. The molecule has 5 heteroatoms. The van der Waals surface area contributed by atoms with E-state index in [-0.39, 0.29) is 5.92 Å². The molecule has 3 rings (SSSR count). The summed E-state index contributed by atoms with van der Waals surface area (Å²) >= 11 is 0. The fourth-order valence-corrected chi connectivity index (χ4v) is 3.89. The van der Waals surface area contributed by atoms with Gasteiger partial charge < -0.3 is 16.0 Å². The van der Waals surface area contributed by atoms with Crippen LogP contribution in [0.15, 0.2) is 46.3 Å². The Kier molecular flexibility index (Phi) is 5.23. The predicted molar refractivity (Wildman–Crippen MR) is 108 cm³/mol. The maximum Gasteiger partial charge on any atom is 0.0975 e. The summed E-state index contributed by atoms with van der Waals surface area (Å²) in [4.78, 5) is 0. The molecule has 1 aromatic rings. The fraction of sp³-hybridized carbons (Fsp3) is 0.364. The summed E-state index contributed by atoms with van der Waals surface area (Å²) in [6.07, 6.45) is 0.977. The van der Waals surface area contributed by atoms with E-state index in [2.05, 4.69) is 54.1 Å². The molecule has 0 fully saturated rings. The van der Waals surface area contributed by atoms with Crippen LogP contribution in [0.25, 0.3) is 5.70 Å². The molecular weight excluding hydrogens is 334 g/mol. The third-order valence-electron chi connectivity index (χ3n) is 5.24. The van der Waals surface area contributed by atoms with Gasteiger partial charge in [-0.25, -0.2) is 0 Å². The van der Waals surface area contributed by atoms with Crippen molar-refractivity contribution in [3.8, 4) is 12.1 Å². The molecular formula is C22H25N5. The van der Waals surface area contributed by atoms with Gasteiger partial charge in [0.05, 0.1) is 29.2 Å². The highest BCUT2D eigenvalue weighted by Gasteiger charge is 2.30. The molecule has 2 heterocycles. The van der Waals surface area contributed by atoms with Gasteiger partial charge in [0.1, 0.15) is 0 Å². The van der Waals surface area contributed by atoms with Crippen LogP contribution < -0.4 is 16.0 Å². The number of nitrogens with one attached hydrogen (secondary N) is 3. The molecule has 0 unspecified atom stereocenters. The van der Waals surface area contributed by atoms with E-state index in [4.69, 9.17) is 0 Å². The maximum absolute atomic E-state index is 9.74. The van der Waals surface area contributed by atoms with Crippen LogP contribution in [0.5, 0.6) is 0 Å². The first-order chi connectivity index (χ1) is 13.0. The van der Waals surface area contributed by atoms with Crippen LogP contribution in [0.4, 0.5) is 5.69 Å². The van der Waals surface area contributed by atoms with E-state index in [1.165, 1.54) is 5.57 Å². The van der Waals surface area contributed by atoms with E-state index in [0.29, 0.717) is 11.1 Å². The minimum absolute atomic E-state index is 0.335. The SMILES string of the molecule is CCNC1=C(C)CCNc2ccc(C3C(C#N)=C(C)NC(C)=C3C#N)cc21. The Balaban J connectivity index is 2.20. The molecule has 27 heavy (non-hydrogen) atoms. The molecule has 2 aliphatic rings. The largest absolute Gasteiger partial charge is 0.385 e. The van der Waals surface area contributed by atoms with Crippen molar-refractivity contribution in [2.75, 3.05) is 18.4 Å². The van der Waals surface area contributed by atoms with Gasteiger partial charge in [-0.3, -0.25) is 0 Å². The summed E-state index contributed by atoms with van der Waals surface area (Å²) in [5.74, 6) is -0.335. The molecule has 0 spiro atoms. The van der Waals surface area contributed by atoms with Crippen molar-refractivity contribution in [2.24, 2.45) is 0 Å². The maximum atomic E-state index is 9.74. The molecule has 0 bridgehead atoms. The number of dihydropyridines is 1. The first kappa shape index (κ1) is 18.6. The lowest BCUT2D eigenvalue weighted by Gasteiger charge is -2.27. The van der Waals surface area contributed by atoms with Gasteiger partial charge in [-0.1, -0.05) is 6.07 Å². The van der Waals surface area contributed by atoms with Crippen LogP contribution in [0.3, 0.4) is 0 Å². The second-order valence-corrected chi connectivity index (χ2v) is 7.03. The van der Waals surface area contributed by atoms with Gasteiger partial charge in [-0.05, 0) is 57.4 Å². The summed E-state index contributed by atoms with van der Waals surface area (Å²) in [5.41, 5.74) is 8.43. The van der Waals surface area contributed by atoms with E-state index in [1.54, 1.807) is 0 Å². The van der Waals surface area contributed by atoms with Gasteiger partial charge in [-0.15, -0.1) is 0 Å². The van der Waals surface area contributed by atoms with Gasteiger partial charge in [-0.2, -0.15) is 10.5 Å². The highest BCUT2D eigenvalue weighted by Crippen LogP contribution is 2.40. The Labute approximate surface area is 161 Å². The molecule has 0 amide bonds. The van der Waals surface area contributed by atoms with Crippen LogP contribution >= 0.6 is 0 Å². The first-order valence-corrected chi connectivity index (χ1v) is 9.32. The molecule has 0 saturated carbocycles. The molecule has 138 valence electrons. The third kappa shape index (κ3) is 3.29. The molecule has 0 atom stereocenters. The van der Waals surface area contributed by atoms with Crippen molar-refractivity contribution in [3.05, 3.63) is 57.4 Å². The van der Waals surface area contributed by atoms with Gasteiger partial charge in [0, 0.05) is 41.4 Å². The third-order valence-corrected chi connectivity index (χ3v) is 5.24. The van der Waals surface area contributed by atoms with Gasteiger partial charge in [0.2, 0.25) is 0 Å². The summed E-state index contributed by atoms with van der Waals surface area (Å²) in [6, 6.07) is 10.8. The van der Waals surface area contributed by atoms with Crippen LogP contribution in [0.1, 0.15) is 51.2 Å². The zero-order valence-corrected chi connectivity index (χ0v) is 16.3. The van der Waals surface area contributed by atoms with Gasteiger partial charge in [0.25, 0.3) is 0 Å². The minimum atomic E-state index is -0.335. The number of hydrogen-bond donors (Lipinski definition) is 3. The van der Waals surface area contributed by atoms with Gasteiger partial charge in [0.15, 0.2) is 0 Å². The van der Waals surface area contributed by atoms with E-state index >= 15 is 0 Å². The number of benzene rings is 1. The topological polar surface area (TPSA) is 83.7 Å². The molecule has 0 radical (unpaired) electrons. The van der Waals surface area contributed by atoms with E-state index in [1.807, 2.05) is 19.9 Å². The van der Waals surface area contributed by atoms with Crippen molar-refractivity contribution in [3.63, 3.8) is 0 Å². The number of nitriles is 2. The molecule has 3 N–H and O–H groups in total. The normalized spacial score (nSPS) is 17.4. The number of anilines is 1. The second-order valence-electron chi connectivity index (χ2n) is 7.03. The Morgan fingerprint density at radius 3 is 2.37 bits per heavy atom. The van der Waals surface area contributed by atoms with Crippen LogP contribution in [-0.4, -0.2) is 13.1 Å². The van der Waals surface area contributed by atoms with Gasteiger partial charge >= 0.3 is 0 Å². The Hall–Kier alpha value is -3.18. The van der Waals surface area contributed by atoms with Crippen molar-refractivity contribution < 1.29 is 0 Å². The zero-order valence-electron chi connectivity index (χ0n) is 16.3. The number of hydrogen-bond acceptors (Lipinski definition) is 5. The van der Waals surface area contributed by atoms with E-state index in [0.717, 1.165) is 53.4 Å². The van der Waals surface area contributed by atoms with E-state index in [9.17, 15) is 10.5 Å². The zero-order chi connectivity index (χ0) is 19.6. The molecule has 0 saturated heterocycles. The quantitative estimate of drug-likeness (QED) is 0.756. The van der Waals surface area contributed by atoms with Crippen molar-refractivity contribution in [1.29, 1.82) is 10.5 Å². The molecule has 1 aromatic carbocycles. The second kappa shape index (κ2) is 7.60. The number of allylic oxidation sites excluding steroid dienone is 4.